The highest BCUT2D eigenvalue weighted by Crippen LogP contribution is 2.31. The van der Waals surface area contributed by atoms with Crippen LogP contribution in [0.3, 0.4) is 0 Å². The number of methoxy groups -OCH3 is 1. The molecule has 13 heavy (non-hydrogen) atoms. The number of primary sulfonamides is 1. The molecular formula is C7H9NO4S. The van der Waals surface area contributed by atoms with Gasteiger partial charge in [-0.1, -0.05) is 6.07 Å². The van der Waals surface area contributed by atoms with Crippen LogP contribution in [-0.4, -0.2) is 20.6 Å². The Kier molecular flexibility index (Phi) is 2.44. The highest BCUT2D eigenvalue weighted by molar-refractivity contribution is 7.89. The number of hydrogen-bond donors (Lipinski definition) is 2. The van der Waals surface area contributed by atoms with Crippen LogP contribution in [0.4, 0.5) is 0 Å². The molecule has 0 saturated heterocycles. The number of phenolic OH excluding ortho intramolecular Hbond substituents is 1. The van der Waals surface area contributed by atoms with Gasteiger partial charge in [-0.05, 0) is 12.1 Å². The molecule has 3 N–H and O–H groups in total. The number of hydrogen-bond acceptors (Lipinski definition) is 4. The second-order valence-corrected chi connectivity index (χ2v) is 3.88. The Hall–Kier alpha value is -1.27. The number of ether oxygens (including phenoxy) is 1. The summed E-state index contributed by atoms with van der Waals surface area (Å²) in [5, 5.41) is 14.2. The normalized spacial score (nSPS) is 11.2. The van der Waals surface area contributed by atoms with Gasteiger partial charge in [0.05, 0.1) is 7.11 Å². The summed E-state index contributed by atoms with van der Waals surface area (Å²) in [5.74, 6) is -0.390. The molecule has 0 radical (unpaired) electrons. The molecule has 6 heteroatoms. The molecular weight excluding hydrogens is 194 g/mol. The van der Waals surface area contributed by atoms with Crippen molar-refractivity contribution in [1.29, 1.82) is 0 Å². The first-order chi connectivity index (χ1) is 5.96. The molecule has 1 aromatic carbocycles. The number of benzene rings is 1. The first-order valence-electron chi connectivity index (χ1n) is 3.35. The van der Waals surface area contributed by atoms with Gasteiger partial charge in [-0.3, -0.25) is 0 Å². The third kappa shape index (κ3) is 1.90. The lowest BCUT2D eigenvalue weighted by Gasteiger charge is -2.05. The zero-order valence-electron chi connectivity index (χ0n) is 6.89. The number of para-hydroxylation sites is 1. The zero-order valence-corrected chi connectivity index (χ0v) is 7.71. The maximum Gasteiger partial charge on any atom is 0.241 e. The summed E-state index contributed by atoms with van der Waals surface area (Å²) in [7, 11) is -2.57. The molecule has 0 amide bonds. The zero-order chi connectivity index (χ0) is 10.1. The standard InChI is InChI=1S/C7H9NO4S/c1-12-5-3-2-4-6(7(5)9)13(8,10)11/h2-4,9H,1H3,(H2,8,10,11). The van der Waals surface area contributed by atoms with Gasteiger partial charge in [-0.15, -0.1) is 0 Å². The fourth-order valence-electron chi connectivity index (χ4n) is 0.897. The molecule has 0 bridgehead atoms. The lowest BCUT2D eigenvalue weighted by molar-refractivity contribution is 0.366. The van der Waals surface area contributed by atoms with Crippen LogP contribution in [0.2, 0.25) is 0 Å². The Bertz CT molecular complexity index is 413. The van der Waals surface area contributed by atoms with Gasteiger partial charge >= 0.3 is 0 Å². The van der Waals surface area contributed by atoms with Crippen LogP contribution in [-0.2, 0) is 10.0 Å². The summed E-state index contributed by atoms with van der Waals surface area (Å²) < 4.78 is 26.5. The van der Waals surface area contributed by atoms with Crippen LogP contribution in [0.15, 0.2) is 23.1 Å². The van der Waals surface area contributed by atoms with E-state index in [9.17, 15) is 13.5 Å². The van der Waals surface area contributed by atoms with E-state index < -0.39 is 15.8 Å². The van der Waals surface area contributed by atoms with Crippen LogP contribution in [0.1, 0.15) is 0 Å². The Morgan fingerprint density at radius 3 is 2.54 bits per heavy atom. The summed E-state index contributed by atoms with van der Waals surface area (Å²) in [6.45, 7) is 0. The van der Waals surface area contributed by atoms with E-state index in [4.69, 9.17) is 9.88 Å². The van der Waals surface area contributed by atoms with Gasteiger partial charge in [-0.25, -0.2) is 13.6 Å². The van der Waals surface area contributed by atoms with E-state index in [1.165, 1.54) is 25.3 Å². The van der Waals surface area contributed by atoms with Crippen LogP contribution < -0.4 is 9.88 Å². The van der Waals surface area contributed by atoms with Gasteiger partial charge in [0.15, 0.2) is 11.5 Å². The van der Waals surface area contributed by atoms with E-state index in [1.54, 1.807) is 0 Å². The molecule has 0 aromatic heterocycles. The Labute approximate surface area is 75.8 Å². The van der Waals surface area contributed by atoms with Crippen molar-refractivity contribution in [3.8, 4) is 11.5 Å². The number of aromatic hydroxyl groups is 1. The second kappa shape index (κ2) is 3.23. The van der Waals surface area contributed by atoms with Crippen molar-refractivity contribution >= 4 is 10.0 Å². The lowest BCUT2D eigenvalue weighted by atomic mass is 10.3. The first kappa shape index (κ1) is 9.82. The minimum Gasteiger partial charge on any atom is -0.503 e. The van der Waals surface area contributed by atoms with Crippen LogP contribution >= 0.6 is 0 Å². The monoisotopic (exact) mass is 203 g/mol. The molecule has 0 heterocycles. The highest BCUT2D eigenvalue weighted by Gasteiger charge is 2.16. The van der Waals surface area contributed by atoms with E-state index in [2.05, 4.69) is 0 Å². The topological polar surface area (TPSA) is 89.6 Å². The highest BCUT2D eigenvalue weighted by atomic mass is 32.2. The molecule has 0 spiro atoms. The lowest BCUT2D eigenvalue weighted by Crippen LogP contribution is -2.12. The maximum absolute atomic E-state index is 10.9. The molecule has 5 nitrogen and oxygen atoms in total. The first-order valence-corrected chi connectivity index (χ1v) is 4.90. The summed E-state index contributed by atoms with van der Waals surface area (Å²) in [4.78, 5) is -0.341. The van der Waals surface area contributed by atoms with Gasteiger partial charge in [0.25, 0.3) is 0 Å². The van der Waals surface area contributed by atoms with Crippen LogP contribution in [0.25, 0.3) is 0 Å². The van der Waals surface area contributed by atoms with Gasteiger partial charge in [0.1, 0.15) is 4.90 Å². The van der Waals surface area contributed by atoms with E-state index >= 15 is 0 Å². The molecule has 0 aliphatic carbocycles. The smallest absolute Gasteiger partial charge is 0.241 e. The molecule has 0 saturated carbocycles. The Balaban J connectivity index is 3.41. The molecule has 1 aromatic rings. The van der Waals surface area contributed by atoms with E-state index in [-0.39, 0.29) is 10.6 Å². The third-order valence-corrected chi connectivity index (χ3v) is 2.43. The average molecular weight is 203 g/mol. The second-order valence-electron chi connectivity index (χ2n) is 2.35. The summed E-state index contributed by atoms with van der Waals surface area (Å²) in [5.41, 5.74) is 0. The van der Waals surface area contributed by atoms with Crippen molar-refractivity contribution < 1.29 is 18.3 Å². The molecule has 0 atom stereocenters. The quantitative estimate of drug-likeness (QED) is 0.710. The van der Waals surface area contributed by atoms with Gasteiger partial charge in [-0.2, -0.15) is 0 Å². The van der Waals surface area contributed by atoms with Crippen molar-refractivity contribution in [3.05, 3.63) is 18.2 Å². The third-order valence-electron chi connectivity index (χ3n) is 1.49. The molecule has 0 unspecified atom stereocenters. The SMILES string of the molecule is COc1cccc(S(N)(=O)=O)c1O. The molecule has 1 rings (SSSR count). The van der Waals surface area contributed by atoms with Crippen LogP contribution in [0.5, 0.6) is 11.5 Å². The predicted octanol–water partition coefficient (Wildman–Crippen LogP) is 0.0482. The molecule has 0 aliphatic rings. The number of rotatable bonds is 2. The van der Waals surface area contributed by atoms with Crippen molar-refractivity contribution in [2.24, 2.45) is 5.14 Å². The average Bonchev–Trinajstić information content (AvgIpc) is 2.02. The Morgan fingerprint density at radius 2 is 2.08 bits per heavy atom. The summed E-state index contributed by atoms with van der Waals surface area (Å²) >= 11 is 0. The fourth-order valence-corrected chi connectivity index (χ4v) is 1.53. The van der Waals surface area contributed by atoms with Crippen molar-refractivity contribution in [2.75, 3.05) is 7.11 Å². The van der Waals surface area contributed by atoms with E-state index in [1.807, 2.05) is 0 Å². The largest absolute Gasteiger partial charge is 0.503 e. The predicted molar refractivity (Wildman–Crippen MR) is 46.0 cm³/mol. The molecule has 0 fully saturated rings. The van der Waals surface area contributed by atoms with Crippen molar-refractivity contribution in [3.63, 3.8) is 0 Å². The number of phenols is 1. The van der Waals surface area contributed by atoms with Crippen LogP contribution in [0, 0.1) is 0 Å². The fraction of sp³-hybridized carbons (Fsp3) is 0.143. The summed E-state index contributed by atoms with van der Waals surface area (Å²) in [6, 6.07) is 4.06. The minimum absolute atomic E-state index is 0.0755. The number of nitrogens with two attached hydrogens (primary N) is 1. The minimum atomic E-state index is -3.90. The molecule has 0 aliphatic heterocycles. The summed E-state index contributed by atoms with van der Waals surface area (Å²) in [6.07, 6.45) is 0. The van der Waals surface area contributed by atoms with E-state index in [0.29, 0.717) is 0 Å². The molecule has 72 valence electrons. The number of sulfonamides is 1. The van der Waals surface area contributed by atoms with Gasteiger partial charge in [0, 0.05) is 0 Å². The Morgan fingerprint density at radius 1 is 1.46 bits per heavy atom. The maximum atomic E-state index is 10.9. The van der Waals surface area contributed by atoms with Gasteiger partial charge < -0.3 is 9.84 Å². The van der Waals surface area contributed by atoms with Gasteiger partial charge in [0.2, 0.25) is 10.0 Å². The van der Waals surface area contributed by atoms with Crippen molar-refractivity contribution in [2.45, 2.75) is 4.90 Å². The van der Waals surface area contributed by atoms with E-state index in [0.717, 1.165) is 0 Å². The van der Waals surface area contributed by atoms with Crippen molar-refractivity contribution in [1.82, 2.24) is 0 Å².